The Hall–Kier alpha value is -2.18. The molecule has 2 aromatic rings. The number of benzene rings is 1. The average molecular weight is 370 g/mol. The second-order valence-electron chi connectivity index (χ2n) is 7.52. The molecule has 0 bridgehead atoms. The summed E-state index contributed by atoms with van der Waals surface area (Å²) in [6, 6.07) is 10.6. The van der Waals surface area contributed by atoms with Gasteiger partial charge in [-0.05, 0) is 12.5 Å². The van der Waals surface area contributed by atoms with Gasteiger partial charge in [0, 0.05) is 51.7 Å². The number of carbonyl (C=O) groups excluding carboxylic acids is 1. The highest BCUT2D eigenvalue weighted by molar-refractivity contribution is 5.96. The summed E-state index contributed by atoms with van der Waals surface area (Å²) in [5.74, 6) is 0.726. The molecular formula is C21H30N4O2. The predicted octanol–water partition coefficient (Wildman–Crippen LogP) is 2.65. The normalized spacial score (nSPS) is 16.0. The Bertz CT molecular complexity index is 734. The molecule has 1 aliphatic rings. The van der Waals surface area contributed by atoms with Gasteiger partial charge in [0.25, 0.3) is 5.91 Å². The Labute approximate surface area is 161 Å². The van der Waals surface area contributed by atoms with Crippen molar-refractivity contribution < 1.29 is 9.32 Å². The fourth-order valence-electron chi connectivity index (χ4n) is 3.49. The highest BCUT2D eigenvalue weighted by Crippen LogP contribution is 2.21. The number of nitrogens with zero attached hydrogens (tertiary/aromatic N) is 3. The van der Waals surface area contributed by atoms with Crippen LogP contribution >= 0.6 is 0 Å². The van der Waals surface area contributed by atoms with Gasteiger partial charge in [0.15, 0.2) is 5.76 Å². The van der Waals surface area contributed by atoms with Crippen LogP contribution in [0.15, 0.2) is 34.9 Å². The minimum Gasteiger partial charge on any atom is -0.360 e. The molecular weight excluding hydrogens is 340 g/mol. The number of hydrogen-bond donors (Lipinski definition) is 1. The van der Waals surface area contributed by atoms with E-state index in [1.165, 1.54) is 5.56 Å². The van der Waals surface area contributed by atoms with Crippen LogP contribution in [0.2, 0.25) is 0 Å². The second kappa shape index (κ2) is 9.15. The van der Waals surface area contributed by atoms with Gasteiger partial charge < -0.3 is 9.84 Å². The van der Waals surface area contributed by atoms with Crippen LogP contribution < -0.4 is 5.32 Å². The minimum atomic E-state index is -0.0832. The van der Waals surface area contributed by atoms with E-state index in [0.717, 1.165) is 39.3 Å². The monoisotopic (exact) mass is 370 g/mol. The lowest BCUT2D eigenvalue weighted by atomic mass is 10.0. The summed E-state index contributed by atoms with van der Waals surface area (Å²) in [6.07, 6.45) is 0. The van der Waals surface area contributed by atoms with Crippen molar-refractivity contribution >= 4 is 5.91 Å². The quantitative estimate of drug-likeness (QED) is 0.812. The molecule has 27 heavy (non-hydrogen) atoms. The molecule has 0 aliphatic carbocycles. The number of rotatable bonds is 7. The summed E-state index contributed by atoms with van der Waals surface area (Å²) >= 11 is 0. The van der Waals surface area contributed by atoms with Crippen LogP contribution in [0.1, 0.15) is 47.1 Å². The second-order valence-corrected chi connectivity index (χ2v) is 7.52. The largest absolute Gasteiger partial charge is 0.360 e. The van der Waals surface area contributed by atoms with Gasteiger partial charge in [0.2, 0.25) is 0 Å². The van der Waals surface area contributed by atoms with Crippen LogP contribution in [0.5, 0.6) is 0 Å². The van der Waals surface area contributed by atoms with E-state index < -0.39 is 0 Å². The lowest BCUT2D eigenvalue weighted by molar-refractivity contribution is 0.0931. The molecule has 6 heteroatoms. The zero-order valence-electron chi connectivity index (χ0n) is 16.6. The first kappa shape index (κ1) is 19.6. The molecule has 1 fully saturated rings. The van der Waals surface area contributed by atoms with Gasteiger partial charge in [-0.3, -0.25) is 14.6 Å². The minimum absolute atomic E-state index is 0.0832. The van der Waals surface area contributed by atoms with E-state index in [4.69, 9.17) is 4.52 Å². The van der Waals surface area contributed by atoms with Crippen molar-refractivity contribution in [2.45, 2.75) is 33.2 Å². The van der Waals surface area contributed by atoms with Gasteiger partial charge in [-0.25, -0.2) is 0 Å². The predicted molar refractivity (Wildman–Crippen MR) is 106 cm³/mol. The van der Waals surface area contributed by atoms with Gasteiger partial charge >= 0.3 is 0 Å². The SMILES string of the molecule is Cc1noc(C(C)C)c1C(=O)NCCN1CCN(Cc2ccccc2)CC1. The van der Waals surface area contributed by atoms with Crippen molar-refractivity contribution in [3.8, 4) is 0 Å². The molecule has 1 aliphatic heterocycles. The number of nitrogens with one attached hydrogen (secondary N) is 1. The molecule has 2 heterocycles. The van der Waals surface area contributed by atoms with Crippen molar-refractivity contribution in [1.82, 2.24) is 20.3 Å². The Kier molecular flexibility index (Phi) is 6.63. The van der Waals surface area contributed by atoms with Crippen molar-refractivity contribution in [3.05, 3.63) is 52.9 Å². The highest BCUT2D eigenvalue weighted by atomic mass is 16.5. The summed E-state index contributed by atoms with van der Waals surface area (Å²) in [5.41, 5.74) is 2.62. The van der Waals surface area contributed by atoms with E-state index in [2.05, 4.69) is 50.6 Å². The fourth-order valence-corrected chi connectivity index (χ4v) is 3.49. The van der Waals surface area contributed by atoms with E-state index in [9.17, 15) is 4.79 Å². The maximum Gasteiger partial charge on any atom is 0.256 e. The summed E-state index contributed by atoms with van der Waals surface area (Å²) < 4.78 is 5.31. The zero-order valence-corrected chi connectivity index (χ0v) is 16.6. The Morgan fingerprint density at radius 2 is 1.81 bits per heavy atom. The standard InChI is InChI=1S/C21H30N4O2/c1-16(2)20-19(17(3)23-27-20)21(26)22-9-10-24-11-13-25(14-12-24)15-18-7-5-4-6-8-18/h4-8,16H,9-15H2,1-3H3,(H,22,26). The molecule has 0 atom stereocenters. The maximum absolute atomic E-state index is 12.5. The molecule has 1 N–H and O–H groups in total. The topological polar surface area (TPSA) is 61.6 Å². The molecule has 146 valence electrons. The molecule has 0 saturated carbocycles. The number of piperazine rings is 1. The Morgan fingerprint density at radius 1 is 1.15 bits per heavy atom. The zero-order chi connectivity index (χ0) is 19.2. The van der Waals surface area contributed by atoms with Crippen LogP contribution in [0.3, 0.4) is 0 Å². The lowest BCUT2D eigenvalue weighted by Gasteiger charge is -2.34. The van der Waals surface area contributed by atoms with Gasteiger partial charge in [-0.15, -0.1) is 0 Å². The average Bonchev–Trinajstić information content (AvgIpc) is 3.06. The maximum atomic E-state index is 12.5. The van der Waals surface area contributed by atoms with Crippen molar-refractivity contribution in [2.75, 3.05) is 39.3 Å². The lowest BCUT2D eigenvalue weighted by Crippen LogP contribution is -2.48. The third-order valence-corrected chi connectivity index (χ3v) is 5.07. The van der Waals surface area contributed by atoms with Gasteiger partial charge in [-0.2, -0.15) is 0 Å². The molecule has 1 saturated heterocycles. The van der Waals surface area contributed by atoms with E-state index in [-0.39, 0.29) is 11.8 Å². The highest BCUT2D eigenvalue weighted by Gasteiger charge is 2.23. The summed E-state index contributed by atoms with van der Waals surface area (Å²) in [6.45, 7) is 12.5. The van der Waals surface area contributed by atoms with Crippen LogP contribution in [0.25, 0.3) is 0 Å². The van der Waals surface area contributed by atoms with E-state index in [1.54, 1.807) is 0 Å². The molecule has 0 spiro atoms. The molecule has 1 amide bonds. The van der Waals surface area contributed by atoms with Gasteiger partial charge in [0.1, 0.15) is 5.56 Å². The van der Waals surface area contributed by atoms with Crippen molar-refractivity contribution in [1.29, 1.82) is 0 Å². The van der Waals surface area contributed by atoms with Crippen molar-refractivity contribution in [2.24, 2.45) is 0 Å². The molecule has 1 aromatic carbocycles. The van der Waals surface area contributed by atoms with Crippen LogP contribution in [-0.2, 0) is 6.54 Å². The number of aromatic nitrogens is 1. The Balaban J connectivity index is 1.40. The Morgan fingerprint density at radius 3 is 2.48 bits per heavy atom. The molecule has 1 aromatic heterocycles. The van der Waals surface area contributed by atoms with Crippen molar-refractivity contribution in [3.63, 3.8) is 0 Å². The van der Waals surface area contributed by atoms with E-state index >= 15 is 0 Å². The molecule has 0 radical (unpaired) electrons. The van der Waals surface area contributed by atoms with Crippen LogP contribution in [0, 0.1) is 6.92 Å². The number of aryl methyl sites for hydroxylation is 1. The first-order valence-corrected chi connectivity index (χ1v) is 9.77. The third-order valence-electron chi connectivity index (χ3n) is 5.07. The molecule has 3 rings (SSSR count). The van der Waals surface area contributed by atoms with Gasteiger partial charge in [-0.1, -0.05) is 49.3 Å². The number of hydrogen-bond acceptors (Lipinski definition) is 5. The summed E-state index contributed by atoms with van der Waals surface area (Å²) in [4.78, 5) is 17.4. The summed E-state index contributed by atoms with van der Waals surface area (Å²) in [7, 11) is 0. The first-order chi connectivity index (χ1) is 13.0. The third kappa shape index (κ3) is 5.17. The number of carbonyl (C=O) groups is 1. The van der Waals surface area contributed by atoms with Crippen LogP contribution in [-0.4, -0.2) is 60.1 Å². The van der Waals surface area contributed by atoms with Crippen LogP contribution in [0.4, 0.5) is 0 Å². The molecule has 0 unspecified atom stereocenters. The summed E-state index contributed by atoms with van der Waals surface area (Å²) in [5, 5.41) is 6.97. The van der Waals surface area contributed by atoms with Gasteiger partial charge in [0.05, 0.1) is 5.69 Å². The molecule has 6 nitrogen and oxygen atoms in total. The first-order valence-electron chi connectivity index (χ1n) is 9.77. The van der Waals surface area contributed by atoms with E-state index in [0.29, 0.717) is 23.6 Å². The fraction of sp³-hybridized carbons (Fsp3) is 0.524. The number of amides is 1. The van der Waals surface area contributed by atoms with E-state index in [1.807, 2.05) is 20.8 Å². The smallest absolute Gasteiger partial charge is 0.256 e.